The van der Waals surface area contributed by atoms with Gasteiger partial charge in [0.05, 0.1) is 6.10 Å². The zero-order valence-corrected chi connectivity index (χ0v) is 27.1. The molecule has 2 heterocycles. The zero-order chi connectivity index (χ0) is 28.8. The zero-order valence-electron chi connectivity index (χ0n) is 25.1. The summed E-state index contributed by atoms with van der Waals surface area (Å²) < 4.78 is 27.2. The number of rotatable bonds is 7. The van der Waals surface area contributed by atoms with Crippen molar-refractivity contribution < 1.29 is 23.1 Å². The van der Waals surface area contributed by atoms with Crippen molar-refractivity contribution in [3.63, 3.8) is 0 Å². The van der Waals surface area contributed by atoms with Crippen LogP contribution >= 0.6 is 0 Å². The normalized spacial score (nSPS) is 22.7. The Morgan fingerprint density at radius 1 is 1.05 bits per heavy atom. The first kappa shape index (κ1) is 31.7. The van der Waals surface area contributed by atoms with Crippen LogP contribution in [0.5, 0.6) is 0 Å². The maximum atomic E-state index is 13.7. The van der Waals surface area contributed by atoms with Gasteiger partial charge in [-0.3, -0.25) is 4.57 Å². The van der Waals surface area contributed by atoms with Crippen LogP contribution in [0.4, 0.5) is 5.82 Å². The van der Waals surface area contributed by atoms with Crippen molar-refractivity contribution in [2.75, 3.05) is 5.73 Å². The first-order valence-corrected chi connectivity index (χ1v) is 18.9. The predicted octanol–water partition coefficient (Wildman–Crippen LogP) is 5.24. The number of ether oxygens (including phenoxy) is 2. The molecular formula is C26H49N3O6Si2. The van der Waals surface area contributed by atoms with Gasteiger partial charge in [-0.15, -0.1) is 0 Å². The molecule has 2 N–H and O–H groups in total. The Hall–Kier alpha value is -1.54. The van der Waals surface area contributed by atoms with Crippen molar-refractivity contribution in [1.29, 1.82) is 0 Å². The molecule has 9 nitrogen and oxygen atoms in total. The first-order chi connectivity index (χ1) is 16.5. The number of aromatic nitrogens is 2. The topological polar surface area (TPSA) is 115 Å². The smallest absolute Gasteiger partial charge is 0.351 e. The van der Waals surface area contributed by atoms with Crippen molar-refractivity contribution in [1.82, 2.24) is 9.55 Å². The molecule has 1 fully saturated rings. The molecule has 11 heteroatoms. The molecule has 37 heavy (non-hydrogen) atoms. The van der Waals surface area contributed by atoms with Crippen LogP contribution in [0.25, 0.3) is 0 Å². The van der Waals surface area contributed by atoms with E-state index < -0.39 is 58.4 Å². The number of carbonyl (C=O) groups excluding carboxylic acids is 1. The highest BCUT2D eigenvalue weighted by Gasteiger charge is 2.53. The summed E-state index contributed by atoms with van der Waals surface area (Å²) in [5.74, 6) is -0.354. The Bertz CT molecular complexity index is 1020. The Morgan fingerprint density at radius 3 is 2.05 bits per heavy atom. The molecular weight excluding hydrogens is 506 g/mol. The monoisotopic (exact) mass is 555 g/mol. The quantitative estimate of drug-likeness (QED) is 0.359. The minimum atomic E-state index is -2.44. The molecule has 1 aliphatic heterocycles. The lowest BCUT2D eigenvalue weighted by Crippen LogP contribution is -2.55. The number of hydrogen-bond donors (Lipinski definition) is 1. The van der Waals surface area contributed by atoms with Gasteiger partial charge in [-0.05, 0) is 63.1 Å². The molecule has 2 rings (SSSR count). The molecule has 0 aromatic carbocycles. The third kappa shape index (κ3) is 7.75. The number of anilines is 1. The van der Waals surface area contributed by atoms with Crippen LogP contribution in [-0.2, 0) is 23.1 Å². The van der Waals surface area contributed by atoms with Gasteiger partial charge in [0.2, 0.25) is 0 Å². The van der Waals surface area contributed by atoms with Crippen LogP contribution < -0.4 is 11.4 Å². The van der Waals surface area contributed by atoms with E-state index in [4.69, 9.17) is 24.1 Å². The summed E-state index contributed by atoms with van der Waals surface area (Å²) in [5.41, 5.74) is 4.48. The maximum absolute atomic E-state index is 13.7. The van der Waals surface area contributed by atoms with E-state index in [0.29, 0.717) is 6.42 Å². The minimum Gasteiger partial charge on any atom is -0.458 e. The van der Waals surface area contributed by atoms with Gasteiger partial charge in [0, 0.05) is 12.6 Å². The average molecular weight is 556 g/mol. The van der Waals surface area contributed by atoms with E-state index in [1.54, 1.807) is 12.3 Å². The molecule has 0 amide bonds. The van der Waals surface area contributed by atoms with Crippen molar-refractivity contribution in [2.45, 2.75) is 135 Å². The second-order valence-corrected chi connectivity index (χ2v) is 23.6. The molecule has 1 saturated heterocycles. The summed E-state index contributed by atoms with van der Waals surface area (Å²) in [4.78, 5) is 30.2. The van der Waals surface area contributed by atoms with E-state index in [9.17, 15) is 9.59 Å². The summed E-state index contributed by atoms with van der Waals surface area (Å²) in [6.45, 7) is 26.8. The van der Waals surface area contributed by atoms with Gasteiger partial charge in [-0.25, -0.2) is 9.59 Å². The lowest BCUT2D eigenvalue weighted by atomic mass is 10.1. The number of nitrogens with two attached hydrogens (primary N) is 1. The highest BCUT2D eigenvalue weighted by Crippen LogP contribution is 2.44. The van der Waals surface area contributed by atoms with Crippen LogP contribution in [0.1, 0.15) is 75.0 Å². The molecule has 0 saturated carbocycles. The minimum absolute atomic E-state index is 0.0725. The highest BCUT2D eigenvalue weighted by atomic mass is 28.4. The Morgan fingerprint density at radius 2 is 1.59 bits per heavy atom. The van der Waals surface area contributed by atoms with Gasteiger partial charge in [-0.1, -0.05) is 41.5 Å². The molecule has 1 aromatic rings. The van der Waals surface area contributed by atoms with Crippen LogP contribution in [0, 0.1) is 0 Å². The third-order valence-electron chi connectivity index (χ3n) is 7.69. The maximum Gasteiger partial charge on any atom is 0.351 e. The molecule has 1 aromatic heterocycles. The second-order valence-electron chi connectivity index (χ2n) is 14.1. The number of hydrogen-bond acceptors (Lipinski definition) is 8. The average Bonchev–Trinajstić information content (AvgIpc) is 3.05. The van der Waals surface area contributed by atoms with E-state index in [0.717, 1.165) is 0 Å². The van der Waals surface area contributed by atoms with Gasteiger partial charge in [0.1, 0.15) is 23.8 Å². The van der Waals surface area contributed by atoms with Gasteiger partial charge in [-0.2, -0.15) is 4.98 Å². The molecule has 4 atom stereocenters. The highest BCUT2D eigenvalue weighted by molar-refractivity contribution is 6.74. The molecule has 0 spiro atoms. The molecule has 0 radical (unpaired) electrons. The van der Waals surface area contributed by atoms with E-state index in [-0.39, 0.29) is 15.9 Å². The Labute approximate surface area is 224 Å². The Kier molecular flexibility index (Phi) is 9.04. The van der Waals surface area contributed by atoms with Crippen molar-refractivity contribution in [3.05, 3.63) is 22.7 Å². The summed E-state index contributed by atoms with van der Waals surface area (Å²) >= 11 is 0. The fourth-order valence-electron chi connectivity index (χ4n) is 3.52. The van der Waals surface area contributed by atoms with Crippen molar-refractivity contribution >= 4 is 28.4 Å². The Balaban J connectivity index is 2.59. The second kappa shape index (κ2) is 10.6. The van der Waals surface area contributed by atoms with E-state index >= 15 is 0 Å². The van der Waals surface area contributed by atoms with Crippen molar-refractivity contribution in [2.24, 2.45) is 0 Å². The van der Waals surface area contributed by atoms with Gasteiger partial charge >= 0.3 is 11.7 Å². The summed E-state index contributed by atoms with van der Waals surface area (Å²) in [6, 6.07) is 1.55. The molecule has 0 aliphatic carbocycles. The standard InChI is InChI=1S/C26H49N3O6Si2/c1-24(2,3)33-22(30)21(35-37(12,13)26(7,8)9)20-17(34-36(10,11)25(4,5)6)16-19(32-20)29-15-14-18(27)28-23(29)31/h14-15,17,19-21H,16H2,1-13H3,(H2,27,28,31)/t17-,19+,20-,21?/m0/s1. The van der Waals surface area contributed by atoms with Crippen LogP contribution in [0.15, 0.2) is 17.1 Å². The lowest BCUT2D eigenvalue weighted by Gasteiger charge is -2.43. The number of carbonyl (C=O) groups is 1. The molecule has 1 aliphatic rings. The van der Waals surface area contributed by atoms with E-state index in [2.05, 4.69) is 72.7 Å². The molecule has 0 bridgehead atoms. The van der Waals surface area contributed by atoms with Gasteiger partial charge in [0.15, 0.2) is 22.7 Å². The predicted molar refractivity (Wildman–Crippen MR) is 151 cm³/mol. The molecule has 212 valence electrons. The third-order valence-corrected chi connectivity index (χ3v) is 16.7. The fraction of sp³-hybridized carbons (Fsp3) is 0.808. The number of nitrogens with zero attached hydrogens (tertiary/aromatic N) is 2. The van der Waals surface area contributed by atoms with E-state index in [1.807, 2.05) is 20.8 Å². The summed E-state index contributed by atoms with van der Waals surface area (Å²) in [7, 11) is -4.73. The van der Waals surface area contributed by atoms with Crippen LogP contribution in [-0.4, -0.2) is 56.1 Å². The van der Waals surface area contributed by atoms with Gasteiger partial charge < -0.3 is 24.1 Å². The number of esters is 1. The number of nitrogen functional groups attached to an aromatic ring is 1. The SMILES string of the molecule is CC(C)(C)OC(=O)C(O[Si](C)(C)C(C)(C)C)[C@H]1O[C@@H](n2ccc(N)nc2=O)C[C@@H]1O[Si](C)(C)C(C)(C)C. The van der Waals surface area contributed by atoms with Crippen LogP contribution in [0.2, 0.25) is 36.3 Å². The lowest BCUT2D eigenvalue weighted by molar-refractivity contribution is -0.175. The molecule has 1 unspecified atom stereocenters. The first-order valence-electron chi connectivity index (χ1n) is 13.0. The van der Waals surface area contributed by atoms with Crippen LogP contribution in [0.3, 0.4) is 0 Å². The van der Waals surface area contributed by atoms with Gasteiger partial charge in [0.25, 0.3) is 0 Å². The largest absolute Gasteiger partial charge is 0.458 e. The summed E-state index contributed by atoms with van der Waals surface area (Å²) in [5, 5.41) is -0.226. The van der Waals surface area contributed by atoms with E-state index in [1.165, 1.54) is 4.57 Å². The fourth-order valence-corrected chi connectivity index (χ4v) is 6.08. The summed E-state index contributed by atoms with van der Waals surface area (Å²) in [6.07, 6.45) is -1.03. The van der Waals surface area contributed by atoms with Crippen molar-refractivity contribution in [3.8, 4) is 0 Å².